The molecule has 1 unspecified atom stereocenters. The summed E-state index contributed by atoms with van der Waals surface area (Å²) in [7, 11) is -2.90. The molecule has 1 aliphatic heterocycles. The Bertz CT molecular complexity index is 576. The second kappa shape index (κ2) is 5.21. The van der Waals surface area contributed by atoms with Crippen LogP contribution in [0, 0.1) is 12.8 Å². The van der Waals surface area contributed by atoms with Crippen LogP contribution in [-0.2, 0) is 9.84 Å². The molecule has 1 aliphatic rings. The van der Waals surface area contributed by atoms with E-state index in [0.29, 0.717) is 24.2 Å². The Hall–Kier alpha value is -1.56. The normalized spacial score (nSPS) is 21.2. The molecule has 1 atom stereocenters. The number of nitrogens with two attached hydrogens (primary N) is 1. The van der Waals surface area contributed by atoms with Gasteiger partial charge < -0.3 is 11.1 Å². The van der Waals surface area contributed by atoms with Gasteiger partial charge in [0.1, 0.15) is 0 Å². The summed E-state index contributed by atoms with van der Waals surface area (Å²) < 4.78 is 22.7. The molecule has 2 rings (SSSR count). The minimum Gasteiger partial charge on any atom is -0.398 e. The molecule has 1 fully saturated rings. The van der Waals surface area contributed by atoms with Gasteiger partial charge in [-0.2, -0.15) is 0 Å². The first-order valence-electron chi connectivity index (χ1n) is 6.23. The fourth-order valence-corrected chi connectivity index (χ4v) is 4.22. The molecule has 1 saturated heterocycles. The number of carbonyl (C=O) groups is 1. The highest BCUT2D eigenvalue weighted by Crippen LogP contribution is 2.19. The van der Waals surface area contributed by atoms with E-state index >= 15 is 0 Å². The van der Waals surface area contributed by atoms with Gasteiger partial charge in [0, 0.05) is 12.2 Å². The van der Waals surface area contributed by atoms with Crippen molar-refractivity contribution in [1.29, 1.82) is 0 Å². The molecule has 6 heteroatoms. The molecule has 0 spiro atoms. The number of nitrogen functional groups attached to an aromatic ring is 1. The van der Waals surface area contributed by atoms with E-state index in [-0.39, 0.29) is 23.3 Å². The van der Waals surface area contributed by atoms with Crippen LogP contribution in [0.5, 0.6) is 0 Å². The zero-order chi connectivity index (χ0) is 14.0. The van der Waals surface area contributed by atoms with Crippen molar-refractivity contribution >= 4 is 21.4 Å². The first-order chi connectivity index (χ1) is 8.89. The van der Waals surface area contributed by atoms with Crippen molar-refractivity contribution in [3.63, 3.8) is 0 Å². The van der Waals surface area contributed by atoms with E-state index in [1.807, 2.05) is 13.0 Å². The number of rotatable bonds is 3. The molecule has 5 nitrogen and oxygen atoms in total. The standard InChI is InChI=1S/C13H18N2O3S/c1-9-3-2-4-11(14)12(9)13(16)15-7-10-5-6-19(17,18)8-10/h2-4,10H,5-8,14H2,1H3,(H,15,16). The van der Waals surface area contributed by atoms with E-state index < -0.39 is 9.84 Å². The molecule has 3 N–H and O–H groups in total. The Morgan fingerprint density at radius 1 is 1.47 bits per heavy atom. The van der Waals surface area contributed by atoms with Gasteiger partial charge in [0.05, 0.1) is 17.1 Å². The summed E-state index contributed by atoms with van der Waals surface area (Å²) in [4.78, 5) is 12.1. The topological polar surface area (TPSA) is 89.3 Å². The monoisotopic (exact) mass is 282 g/mol. The fourth-order valence-electron chi connectivity index (χ4n) is 2.36. The zero-order valence-electron chi connectivity index (χ0n) is 10.8. The molecule has 1 aromatic carbocycles. The molecule has 19 heavy (non-hydrogen) atoms. The Morgan fingerprint density at radius 2 is 2.21 bits per heavy atom. The maximum absolute atomic E-state index is 12.1. The number of anilines is 1. The Balaban J connectivity index is 1.99. The van der Waals surface area contributed by atoms with Crippen LogP contribution in [0.1, 0.15) is 22.3 Å². The van der Waals surface area contributed by atoms with Crippen molar-refractivity contribution in [3.05, 3.63) is 29.3 Å². The molecule has 1 amide bonds. The van der Waals surface area contributed by atoms with Gasteiger partial charge in [-0.05, 0) is 30.9 Å². The third-order valence-electron chi connectivity index (χ3n) is 3.41. The van der Waals surface area contributed by atoms with Crippen LogP contribution in [0.4, 0.5) is 5.69 Å². The number of amides is 1. The number of hydrogen-bond donors (Lipinski definition) is 2. The number of benzene rings is 1. The SMILES string of the molecule is Cc1cccc(N)c1C(=O)NCC1CCS(=O)(=O)C1. The summed E-state index contributed by atoms with van der Waals surface area (Å²) >= 11 is 0. The lowest BCUT2D eigenvalue weighted by molar-refractivity contribution is 0.0948. The molecule has 0 saturated carbocycles. The Kier molecular flexibility index (Phi) is 3.80. The van der Waals surface area contributed by atoms with Gasteiger partial charge in [-0.3, -0.25) is 4.79 Å². The first kappa shape index (κ1) is 13.9. The molecule has 0 aromatic heterocycles. The highest BCUT2D eigenvalue weighted by molar-refractivity contribution is 7.91. The smallest absolute Gasteiger partial charge is 0.253 e. The van der Waals surface area contributed by atoms with Gasteiger partial charge in [0.25, 0.3) is 5.91 Å². The molecule has 0 aliphatic carbocycles. The van der Waals surface area contributed by atoms with Crippen molar-refractivity contribution in [3.8, 4) is 0 Å². The average Bonchev–Trinajstić information content (AvgIpc) is 2.66. The van der Waals surface area contributed by atoms with E-state index in [9.17, 15) is 13.2 Å². The molecular formula is C13H18N2O3S. The van der Waals surface area contributed by atoms with Crippen molar-refractivity contribution < 1.29 is 13.2 Å². The molecule has 104 valence electrons. The number of hydrogen-bond acceptors (Lipinski definition) is 4. The lowest BCUT2D eigenvalue weighted by Gasteiger charge is -2.12. The summed E-state index contributed by atoms with van der Waals surface area (Å²) in [6, 6.07) is 5.30. The summed E-state index contributed by atoms with van der Waals surface area (Å²) in [6.07, 6.45) is 0.617. The highest BCUT2D eigenvalue weighted by atomic mass is 32.2. The van der Waals surface area contributed by atoms with E-state index in [4.69, 9.17) is 5.73 Å². The van der Waals surface area contributed by atoms with E-state index in [1.165, 1.54) is 0 Å². The van der Waals surface area contributed by atoms with Crippen molar-refractivity contribution in [2.75, 3.05) is 23.8 Å². The molecular weight excluding hydrogens is 264 g/mol. The second-order valence-electron chi connectivity index (χ2n) is 5.02. The summed E-state index contributed by atoms with van der Waals surface area (Å²) in [6.45, 7) is 2.21. The van der Waals surface area contributed by atoms with Crippen LogP contribution in [0.25, 0.3) is 0 Å². The van der Waals surface area contributed by atoms with Crippen LogP contribution in [-0.4, -0.2) is 32.4 Å². The summed E-state index contributed by atoms with van der Waals surface area (Å²) in [5.41, 5.74) is 7.53. The second-order valence-corrected chi connectivity index (χ2v) is 7.25. The predicted molar refractivity (Wildman–Crippen MR) is 74.7 cm³/mol. The fraction of sp³-hybridized carbons (Fsp3) is 0.462. The van der Waals surface area contributed by atoms with Crippen molar-refractivity contribution in [2.24, 2.45) is 5.92 Å². The Morgan fingerprint density at radius 3 is 2.79 bits per heavy atom. The molecule has 1 aromatic rings. The van der Waals surface area contributed by atoms with Gasteiger partial charge in [-0.15, -0.1) is 0 Å². The number of nitrogens with one attached hydrogen (secondary N) is 1. The van der Waals surface area contributed by atoms with Crippen LogP contribution in [0.2, 0.25) is 0 Å². The first-order valence-corrected chi connectivity index (χ1v) is 8.05. The highest BCUT2D eigenvalue weighted by Gasteiger charge is 2.28. The largest absolute Gasteiger partial charge is 0.398 e. The van der Waals surface area contributed by atoms with E-state index in [2.05, 4.69) is 5.32 Å². The maximum Gasteiger partial charge on any atom is 0.253 e. The van der Waals surface area contributed by atoms with Gasteiger partial charge >= 0.3 is 0 Å². The Labute approximate surface area is 113 Å². The zero-order valence-corrected chi connectivity index (χ0v) is 11.7. The van der Waals surface area contributed by atoms with Gasteiger partial charge in [-0.1, -0.05) is 12.1 Å². The van der Waals surface area contributed by atoms with Gasteiger partial charge in [0.15, 0.2) is 9.84 Å². The molecule has 0 radical (unpaired) electrons. The lowest BCUT2D eigenvalue weighted by atomic mass is 10.1. The van der Waals surface area contributed by atoms with Crippen LogP contribution < -0.4 is 11.1 Å². The third-order valence-corrected chi connectivity index (χ3v) is 5.25. The van der Waals surface area contributed by atoms with Crippen LogP contribution in [0.3, 0.4) is 0 Å². The van der Waals surface area contributed by atoms with Crippen LogP contribution in [0.15, 0.2) is 18.2 Å². The number of aryl methyl sites for hydroxylation is 1. The van der Waals surface area contributed by atoms with E-state index in [0.717, 1.165) is 5.56 Å². The summed E-state index contributed by atoms with van der Waals surface area (Å²) in [5.74, 6) is 0.162. The minimum atomic E-state index is -2.90. The number of carbonyl (C=O) groups excluding carboxylic acids is 1. The maximum atomic E-state index is 12.1. The quantitative estimate of drug-likeness (QED) is 0.800. The predicted octanol–water partition coefficient (Wildman–Crippen LogP) is 0.742. The van der Waals surface area contributed by atoms with Crippen molar-refractivity contribution in [1.82, 2.24) is 5.32 Å². The van der Waals surface area contributed by atoms with Crippen LogP contribution >= 0.6 is 0 Å². The minimum absolute atomic E-state index is 0.0131. The van der Waals surface area contributed by atoms with Gasteiger partial charge in [-0.25, -0.2) is 8.42 Å². The molecule has 1 heterocycles. The lowest BCUT2D eigenvalue weighted by Crippen LogP contribution is -2.30. The summed E-state index contributed by atoms with van der Waals surface area (Å²) in [5, 5.41) is 2.78. The molecule has 0 bridgehead atoms. The van der Waals surface area contributed by atoms with Gasteiger partial charge in [0.2, 0.25) is 0 Å². The van der Waals surface area contributed by atoms with E-state index in [1.54, 1.807) is 12.1 Å². The number of sulfone groups is 1. The van der Waals surface area contributed by atoms with Crippen molar-refractivity contribution in [2.45, 2.75) is 13.3 Å². The average molecular weight is 282 g/mol. The third kappa shape index (κ3) is 3.26.